The van der Waals surface area contributed by atoms with Crippen LogP contribution in [0, 0.1) is 0 Å². The average Bonchev–Trinajstić information content (AvgIpc) is 2.98. The normalized spacial score (nSPS) is 10.4. The minimum absolute atomic E-state index is 0.199. The third-order valence-corrected chi connectivity index (χ3v) is 3.01. The number of hydrogen-bond donors (Lipinski definition) is 1. The summed E-state index contributed by atoms with van der Waals surface area (Å²) in [5.41, 5.74) is 8.19. The van der Waals surface area contributed by atoms with Gasteiger partial charge in [0.2, 0.25) is 0 Å². The summed E-state index contributed by atoms with van der Waals surface area (Å²) in [6.45, 7) is 0. The van der Waals surface area contributed by atoms with Crippen LogP contribution in [0.5, 0.6) is 0 Å². The molecule has 0 unspecified atom stereocenters. The summed E-state index contributed by atoms with van der Waals surface area (Å²) in [4.78, 5) is 8.59. The molecule has 5 nitrogen and oxygen atoms in total. The quantitative estimate of drug-likeness (QED) is 0.743. The lowest BCUT2D eigenvalue weighted by atomic mass is 10.1. The third kappa shape index (κ3) is 2.28. The van der Waals surface area contributed by atoms with Gasteiger partial charge < -0.3 is 5.73 Å². The molecule has 0 saturated heterocycles. The first-order chi connectivity index (χ1) is 9.75. The van der Waals surface area contributed by atoms with Gasteiger partial charge in [-0.15, -0.1) is 0 Å². The van der Waals surface area contributed by atoms with Gasteiger partial charge in [0.1, 0.15) is 10.7 Å². The lowest BCUT2D eigenvalue weighted by molar-refractivity contribution is 0.834. The Bertz CT molecular complexity index is 751. The molecule has 0 aliphatic rings. The van der Waals surface area contributed by atoms with E-state index in [-0.39, 0.29) is 4.99 Å². The van der Waals surface area contributed by atoms with Crippen molar-refractivity contribution in [2.45, 2.75) is 0 Å². The fraction of sp³-hybridized carbons (Fsp3) is 0. The van der Waals surface area contributed by atoms with Crippen molar-refractivity contribution in [3.8, 4) is 16.9 Å². The Morgan fingerprint density at radius 2 is 1.80 bits per heavy atom. The van der Waals surface area contributed by atoms with Crippen molar-refractivity contribution < 1.29 is 0 Å². The van der Waals surface area contributed by atoms with Gasteiger partial charge in [0.15, 0.2) is 5.82 Å². The molecular formula is C14H11N5S. The summed E-state index contributed by atoms with van der Waals surface area (Å²) in [6.07, 6.45) is 6.79. The molecule has 0 spiro atoms. The zero-order valence-corrected chi connectivity index (χ0v) is 11.3. The Labute approximate surface area is 121 Å². The Balaban J connectivity index is 2.05. The summed E-state index contributed by atoms with van der Waals surface area (Å²) in [5, 5.41) is 4.30. The first-order valence-electron chi connectivity index (χ1n) is 5.97. The van der Waals surface area contributed by atoms with Crippen LogP contribution >= 0.6 is 12.2 Å². The molecule has 2 aromatic heterocycles. The van der Waals surface area contributed by atoms with E-state index in [4.69, 9.17) is 18.0 Å². The SMILES string of the molecule is NC(=S)c1nccnc1-n1cc(-c2ccccc2)cn1. The van der Waals surface area contributed by atoms with Crippen LogP contribution in [0.15, 0.2) is 55.1 Å². The van der Waals surface area contributed by atoms with Crippen LogP contribution < -0.4 is 5.73 Å². The minimum atomic E-state index is 0.199. The number of aromatic nitrogens is 4. The van der Waals surface area contributed by atoms with Crippen molar-refractivity contribution in [1.82, 2.24) is 19.7 Å². The van der Waals surface area contributed by atoms with Crippen LogP contribution in [-0.4, -0.2) is 24.7 Å². The van der Waals surface area contributed by atoms with E-state index in [1.165, 1.54) is 0 Å². The van der Waals surface area contributed by atoms with Crippen molar-refractivity contribution in [1.29, 1.82) is 0 Å². The van der Waals surface area contributed by atoms with E-state index in [1.807, 2.05) is 36.5 Å². The molecule has 0 fully saturated rings. The molecule has 2 heterocycles. The Morgan fingerprint density at radius 3 is 2.55 bits per heavy atom. The second-order valence-electron chi connectivity index (χ2n) is 4.13. The molecule has 1 aromatic carbocycles. The van der Waals surface area contributed by atoms with Crippen LogP contribution in [0.25, 0.3) is 16.9 Å². The monoisotopic (exact) mass is 281 g/mol. The summed E-state index contributed by atoms with van der Waals surface area (Å²) in [7, 11) is 0. The molecule has 0 saturated carbocycles. The highest BCUT2D eigenvalue weighted by molar-refractivity contribution is 7.80. The number of nitrogens with two attached hydrogens (primary N) is 1. The maximum Gasteiger partial charge on any atom is 0.182 e. The van der Waals surface area contributed by atoms with Gasteiger partial charge >= 0.3 is 0 Å². The number of rotatable bonds is 3. The molecule has 0 radical (unpaired) electrons. The van der Waals surface area contributed by atoms with Crippen LogP contribution in [0.4, 0.5) is 0 Å². The highest BCUT2D eigenvalue weighted by Crippen LogP contribution is 2.19. The van der Waals surface area contributed by atoms with E-state index >= 15 is 0 Å². The van der Waals surface area contributed by atoms with E-state index in [1.54, 1.807) is 23.3 Å². The molecule has 6 heteroatoms. The second kappa shape index (κ2) is 5.18. The molecular weight excluding hydrogens is 270 g/mol. The summed E-state index contributed by atoms with van der Waals surface area (Å²) < 4.78 is 1.63. The summed E-state index contributed by atoms with van der Waals surface area (Å²) in [6, 6.07) is 9.98. The Hall–Kier alpha value is -2.60. The van der Waals surface area contributed by atoms with Gasteiger partial charge in [-0.3, -0.25) is 0 Å². The second-order valence-corrected chi connectivity index (χ2v) is 4.57. The predicted octanol–water partition coefficient (Wildman–Crippen LogP) is 1.96. The molecule has 0 amide bonds. The smallest absolute Gasteiger partial charge is 0.182 e. The molecule has 0 atom stereocenters. The maximum absolute atomic E-state index is 5.66. The highest BCUT2D eigenvalue weighted by Gasteiger charge is 2.11. The first kappa shape index (κ1) is 12.4. The van der Waals surface area contributed by atoms with Gasteiger partial charge in [-0.2, -0.15) is 5.10 Å². The van der Waals surface area contributed by atoms with E-state index in [2.05, 4.69) is 15.1 Å². The van der Waals surface area contributed by atoms with Crippen molar-refractivity contribution in [3.05, 3.63) is 60.8 Å². The molecule has 20 heavy (non-hydrogen) atoms. The fourth-order valence-electron chi connectivity index (χ4n) is 1.89. The Morgan fingerprint density at radius 1 is 1.05 bits per heavy atom. The summed E-state index contributed by atoms with van der Waals surface area (Å²) >= 11 is 4.98. The largest absolute Gasteiger partial charge is 0.388 e. The predicted molar refractivity (Wildman–Crippen MR) is 80.5 cm³/mol. The standard InChI is InChI=1S/C14H11N5S/c15-13(20)12-14(17-7-6-16-12)19-9-11(8-18-19)10-4-2-1-3-5-10/h1-9H,(H2,15,20). The Kier molecular flexibility index (Phi) is 3.22. The van der Waals surface area contributed by atoms with Gasteiger partial charge in [-0.1, -0.05) is 42.5 Å². The molecule has 3 rings (SSSR count). The molecule has 0 bridgehead atoms. The molecule has 0 aliphatic heterocycles. The van der Waals surface area contributed by atoms with Crippen LogP contribution in [0.2, 0.25) is 0 Å². The van der Waals surface area contributed by atoms with Gasteiger partial charge in [-0.05, 0) is 5.56 Å². The molecule has 2 N–H and O–H groups in total. The summed E-state index contributed by atoms with van der Waals surface area (Å²) in [5.74, 6) is 0.530. The average molecular weight is 281 g/mol. The van der Waals surface area contributed by atoms with Gasteiger partial charge in [-0.25, -0.2) is 14.6 Å². The van der Waals surface area contributed by atoms with E-state index in [9.17, 15) is 0 Å². The number of thiocarbonyl (C=S) groups is 1. The number of nitrogens with zero attached hydrogens (tertiary/aromatic N) is 4. The number of benzene rings is 1. The molecule has 3 aromatic rings. The van der Waals surface area contributed by atoms with Crippen molar-refractivity contribution in [2.75, 3.05) is 0 Å². The van der Waals surface area contributed by atoms with E-state index in [0.717, 1.165) is 11.1 Å². The van der Waals surface area contributed by atoms with Crippen molar-refractivity contribution in [3.63, 3.8) is 0 Å². The van der Waals surface area contributed by atoms with Gasteiger partial charge in [0, 0.05) is 24.2 Å². The van der Waals surface area contributed by atoms with Crippen molar-refractivity contribution >= 4 is 17.2 Å². The fourth-order valence-corrected chi connectivity index (χ4v) is 2.03. The van der Waals surface area contributed by atoms with Gasteiger partial charge in [0.25, 0.3) is 0 Å². The maximum atomic E-state index is 5.66. The zero-order chi connectivity index (χ0) is 13.9. The molecule has 98 valence electrons. The third-order valence-electron chi connectivity index (χ3n) is 2.82. The lowest BCUT2D eigenvalue weighted by Gasteiger charge is -2.04. The molecule has 0 aliphatic carbocycles. The van der Waals surface area contributed by atoms with Crippen LogP contribution in [0.1, 0.15) is 5.69 Å². The van der Waals surface area contributed by atoms with Gasteiger partial charge in [0.05, 0.1) is 6.20 Å². The van der Waals surface area contributed by atoms with Crippen LogP contribution in [0.3, 0.4) is 0 Å². The van der Waals surface area contributed by atoms with Crippen molar-refractivity contribution in [2.24, 2.45) is 5.73 Å². The zero-order valence-electron chi connectivity index (χ0n) is 10.5. The lowest BCUT2D eigenvalue weighted by Crippen LogP contribution is -2.16. The van der Waals surface area contributed by atoms with Crippen LogP contribution in [-0.2, 0) is 0 Å². The van der Waals surface area contributed by atoms with E-state index in [0.29, 0.717) is 11.5 Å². The van der Waals surface area contributed by atoms with E-state index < -0.39 is 0 Å². The minimum Gasteiger partial charge on any atom is -0.388 e. The number of hydrogen-bond acceptors (Lipinski definition) is 4. The first-order valence-corrected chi connectivity index (χ1v) is 6.38. The highest BCUT2D eigenvalue weighted by atomic mass is 32.1. The topological polar surface area (TPSA) is 69.6 Å².